The van der Waals surface area contributed by atoms with E-state index in [0.29, 0.717) is 0 Å². The van der Waals surface area contributed by atoms with Crippen LogP contribution in [0.5, 0.6) is 5.75 Å². The van der Waals surface area contributed by atoms with Crippen LogP contribution in [0.25, 0.3) is 0 Å². The first kappa shape index (κ1) is 16.2. The summed E-state index contributed by atoms with van der Waals surface area (Å²) in [6.45, 7) is 4.46. The summed E-state index contributed by atoms with van der Waals surface area (Å²) in [5.74, 6) is 0.556. The molecular formula is C16H23NO3. The number of carbonyl (C=O) groups excluding carboxylic acids is 1. The third-order valence-electron chi connectivity index (χ3n) is 3.06. The van der Waals surface area contributed by atoms with Crippen LogP contribution in [0.4, 0.5) is 0 Å². The van der Waals surface area contributed by atoms with Gasteiger partial charge in [-0.25, -0.2) is 0 Å². The van der Waals surface area contributed by atoms with Crippen LogP contribution in [0.3, 0.4) is 0 Å². The molecule has 0 saturated heterocycles. The van der Waals surface area contributed by atoms with E-state index in [9.17, 15) is 4.79 Å². The van der Waals surface area contributed by atoms with Gasteiger partial charge in [0.25, 0.3) is 0 Å². The average Bonchev–Trinajstić information content (AvgIpc) is 2.43. The Kier molecular flexibility index (Phi) is 6.22. The van der Waals surface area contributed by atoms with Gasteiger partial charge in [0.15, 0.2) is 0 Å². The van der Waals surface area contributed by atoms with Gasteiger partial charge in [-0.15, -0.1) is 0 Å². The summed E-state index contributed by atoms with van der Waals surface area (Å²) in [5.41, 5.74) is 1.35. The van der Waals surface area contributed by atoms with Crippen molar-refractivity contribution >= 4 is 12.2 Å². The zero-order valence-electron chi connectivity index (χ0n) is 12.7. The van der Waals surface area contributed by atoms with Crippen molar-refractivity contribution in [2.75, 3.05) is 20.8 Å². The molecule has 0 fully saturated rings. The van der Waals surface area contributed by atoms with Gasteiger partial charge >= 0.3 is 5.97 Å². The summed E-state index contributed by atoms with van der Waals surface area (Å²) in [5, 5.41) is 0. The van der Waals surface area contributed by atoms with Crippen LogP contribution in [-0.2, 0) is 16.0 Å². The molecule has 20 heavy (non-hydrogen) atoms. The molecular weight excluding hydrogens is 254 g/mol. The molecule has 1 aromatic rings. The van der Waals surface area contributed by atoms with Crippen molar-refractivity contribution in [3.8, 4) is 5.75 Å². The Hall–Kier alpha value is -1.84. The van der Waals surface area contributed by atoms with E-state index in [1.807, 2.05) is 12.1 Å². The molecule has 0 amide bonds. The number of benzene rings is 1. The molecule has 4 heteroatoms. The lowest BCUT2D eigenvalue weighted by atomic mass is 9.83. The highest BCUT2D eigenvalue weighted by Crippen LogP contribution is 2.25. The van der Waals surface area contributed by atoms with Crippen molar-refractivity contribution in [2.45, 2.75) is 26.7 Å². The minimum atomic E-state index is -0.311. The number of methoxy groups -OCH3 is 2. The van der Waals surface area contributed by atoms with Gasteiger partial charge in [0.1, 0.15) is 12.3 Å². The van der Waals surface area contributed by atoms with E-state index in [1.165, 1.54) is 12.7 Å². The van der Waals surface area contributed by atoms with Gasteiger partial charge in [0, 0.05) is 0 Å². The molecule has 0 heterocycles. The van der Waals surface area contributed by atoms with Crippen LogP contribution in [0, 0.1) is 5.41 Å². The number of rotatable bonds is 7. The Morgan fingerprint density at radius 2 is 1.90 bits per heavy atom. The van der Waals surface area contributed by atoms with E-state index in [-0.39, 0.29) is 17.9 Å². The van der Waals surface area contributed by atoms with Crippen LogP contribution in [0.1, 0.15) is 25.8 Å². The Morgan fingerprint density at radius 1 is 1.25 bits per heavy atom. The highest BCUT2D eigenvalue weighted by Gasteiger charge is 2.17. The van der Waals surface area contributed by atoms with Gasteiger partial charge in [-0.1, -0.05) is 26.0 Å². The Bertz CT molecular complexity index is 449. The Labute approximate surface area is 120 Å². The molecule has 1 rings (SSSR count). The molecule has 0 aliphatic heterocycles. The maximum atomic E-state index is 10.9. The fourth-order valence-corrected chi connectivity index (χ4v) is 1.88. The molecule has 0 N–H and O–H groups in total. The molecule has 0 aliphatic rings. The van der Waals surface area contributed by atoms with Crippen LogP contribution < -0.4 is 4.74 Å². The van der Waals surface area contributed by atoms with Gasteiger partial charge in [-0.05, 0) is 42.2 Å². The van der Waals surface area contributed by atoms with Crippen LogP contribution in [0.2, 0.25) is 0 Å². The number of carbonyl (C=O) groups is 1. The fourth-order valence-electron chi connectivity index (χ4n) is 1.88. The van der Waals surface area contributed by atoms with E-state index in [0.717, 1.165) is 18.6 Å². The molecule has 0 aromatic heterocycles. The molecule has 0 bridgehead atoms. The van der Waals surface area contributed by atoms with Gasteiger partial charge in [-0.3, -0.25) is 9.79 Å². The molecule has 0 unspecified atom stereocenters. The first-order chi connectivity index (χ1) is 9.46. The first-order valence-electron chi connectivity index (χ1n) is 6.65. The number of esters is 1. The largest absolute Gasteiger partial charge is 0.497 e. The molecule has 0 atom stereocenters. The zero-order chi connectivity index (χ0) is 15.0. The van der Waals surface area contributed by atoms with E-state index in [1.54, 1.807) is 13.3 Å². The lowest BCUT2D eigenvalue weighted by Gasteiger charge is -2.22. The zero-order valence-corrected chi connectivity index (χ0v) is 12.7. The lowest BCUT2D eigenvalue weighted by Crippen LogP contribution is -2.16. The normalized spacial score (nSPS) is 11.6. The van der Waals surface area contributed by atoms with E-state index in [4.69, 9.17) is 4.74 Å². The summed E-state index contributed by atoms with van der Waals surface area (Å²) in [7, 11) is 3.03. The van der Waals surface area contributed by atoms with Gasteiger partial charge < -0.3 is 9.47 Å². The molecule has 0 spiro atoms. The maximum absolute atomic E-state index is 10.9. The van der Waals surface area contributed by atoms with Gasteiger partial charge in [0.2, 0.25) is 0 Å². The maximum Gasteiger partial charge on any atom is 0.327 e. The number of hydrogen-bond donors (Lipinski definition) is 0. The second-order valence-electron chi connectivity index (χ2n) is 5.49. The first-order valence-corrected chi connectivity index (χ1v) is 6.65. The van der Waals surface area contributed by atoms with Gasteiger partial charge in [-0.2, -0.15) is 0 Å². The standard InChI is InChI=1S/C16H23NO3/c1-16(2,9-10-17-12-15(18)20-4)11-13-5-7-14(19-3)8-6-13/h5-8,10H,9,11-12H2,1-4H3. The highest BCUT2D eigenvalue weighted by atomic mass is 16.5. The average molecular weight is 277 g/mol. The summed E-state index contributed by atoms with van der Waals surface area (Å²) < 4.78 is 9.68. The molecule has 1 aromatic carbocycles. The van der Waals surface area contributed by atoms with Crippen LogP contribution >= 0.6 is 0 Å². The molecule has 4 nitrogen and oxygen atoms in total. The van der Waals surface area contributed by atoms with Gasteiger partial charge in [0.05, 0.1) is 14.2 Å². The van der Waals surface area contributed by atoms with Crippen LogP contribution in [0.15, 0.2) is 29.3 Å². The summed E-state index contributed by atoms with van der Waals surface area (Å²) in [4.78, 5) is 15.0. The van der Waals surface area contributed by atoms with Crippen molar-refractivity contribution in [1.29, 1.82) is 0 Å². The Morgan fingerprint density at radius 3 is 2.45 bits per heavy atom. The van der Waals surface area contributed by atoms with Crippen LogP contribution in [-0.4, -0.2) is 32.9 Å². The predicted molar refractivity (Wildman–Crippen MR) is 80.5 cm³/mol. The quantitative estimate of drug-likeness (QED) is 0.568. The third-order valence-corrected chi connectivity index (χ3v) is 3.06. The Balaban J connectivity index is 2.49. The monoisotopic (exact) mass is 277 g/mol. The third kappa shape index (κ3) is 5.87. The lowest BCUT2D eigenvalue weighted by molar-refractivity contribution is -0.138. The van der Waals surface area contributed by atoms with E-state index >= 15 is 0 Å². The van der Waals surface area contributed by atoms with E-state index in [2.05, 4.69) is 35.7 Å². The second kappa shape index (κ2) is 7.68. The predicted octanol–water partition coefficient (Wildman–Crippen LogP) is 2.90. The van der Waals surface area contributed by atoms with Crippen molar-refractivity contribution in [3.63, 3.8) is 0 Å². The number of hydrogen-bond acceptors (Lipinski definition) is 4. The molecule has 110 valence electrons. The summed E-state index contributed by atoms with van der Waals surface area (Å²) >= 11 is 0. The highest BCUT2D eigenvalue weighted by molar-refractivity contribution is 5.73. The summed E-state index contributed by atoms with van der Waals surface area (Å²) in [6, 6.07) is 8.09. The minimum Gasteiger partial charge on any atom is -0.497 e. The topological polar surface area (TPSA) is 47.9 Å². The van der Waals surface area contributed by atoms with E-state index < -0.39 is 0 Å². The van der Waals surface area contributed by atoms with Crippen molar-refractivity contribution in [2.24, 2.45) is 10.4 Å². The SMILES string of the molecule is COC(=O)CN=CCC(C)(C)Cc1ccc(OC)cc1. The van der Waals surface area contributed by atoms with Crippen molar-refractivity contribution < 1.29 is 14.3 Å². The number of aliphatic imine (C=N–C) groups is 1. The molecule has 0 saturated carbocycles. The molecule has 0 radical (unpaired) electrons. The molecule has 0 aliphatic carbocycles. The smallest absolute Gasteiger partial charge is 0.327 e. The fraction of sp³-hybridized carbons (Fsp3) is 0.500. The minimum absolute atomic E-state index is 0.0915. The van der Waals surface area contributed by atoms with Crippen molar-refractivity contribution in [3.05, 3.63) is 29.8 Å². The summed E-state index contributed by atoms with van der Waals surface area (Å²) in [6.07, 6.45) is 3.57. The van der Waals surface area contributed by atoms with Crippen molar-refractivity contribution in [1.82, 2.24) is 0 Å². The second-order valence-corrected chi connectivity index (χ2v) is 5.49. The number of ether oxygens (including phenoxy) is 2. The number of nitrogens with zero attached hydrogens (tertiary/aromatic N) is 1.